The summed E-state index contributed by atoms with van der Waals surface area (Å²) in [5.41, 5.74) is 3.76. The lowest BCUT2D eigenvalue weighted by molar-refractivity contribution is -0.142. The number of ether oxygens (including phenoxy) is 1. The van der Waals surface area contributed by atoms with Gasteiger partial charge < -0.3 is 18.8 Å². The van der Waals surface area contributed by atoms with E-state index in [1.807, 2.05) is 39.0 Å². The van der Waals surface area contributed by atoms with Crippen molar-refractivity contribution in [3.05, 3.63) is 52.6 Å². The summed E-state index contributed by atoms with van der Waals surface area (Å²) in [4.78, 5) is 16.1. The normalized spacial score (nSPS) is 16.4. The number of hydrogen-bond donors (Lipinski definition) is 1. The first-order chi connectivity index (χ1) is 14.5. The van der Waals surface area contributed by atoms with Crippen LogP contribution in [0.5, 0.6) is 5.75 Å². The molecule has 0 saturated heterocycles. The third-order valence-corrected chi connectivity index (χ3v) is 5.83. The molecular weight excluding hydrogens is 384 g/mol. The third-order valence-electron chi connectivity index (χ3n) is 5.83. The highest BCUT2D eigenvalue weighted by molar-refractivity contribution is 5.72. The number of oxazole rings is 1. The van der Waals surface area contributed by atoms with Crippen LogP contribution in [-0.2, 0) is 17.6 Å². The fourth-order valence-electron chi connectivity index (χ4n) is 4.27. The Morgan fingerprint density at radius 1 is 1.33 bits per heavy atom. The number of aryl methyl sites for hydroxylation is 3. The molecule has 0 saturated carbocycles. The number of hydrogen-bond acceptors (Lipinski definition) is 6. The van der Waals surface area contributed by atoms with Gasteiger partial charge in [-0.05, 0) is 62.3 Å². The van der Waals surface area contributed by atoms with Crippen LogP contribution in [0.3, 0.4) is 0 Å². The topological polar surface area (TPSA) is 98.6 Å². The van der Waals surface area contributed by atoms with Gasteiger partial charge in [0.25, 0.3) is 0 Å². The molecular formula is C23H26N2O5. The smallest absolute Gasteiger partial charge is 0.307 e. The van der Waals surface area contributed by atoms with E-state index in [1.165, 1.54) is 5.56 Å². The van der Waals surface area contributed by atoms with E-state index in [1.54, 1.807) is 6.07 Å². The van der Waals surface area contributed by atoms with Crippen LogP contribution in [0.1, 0.15) is 54.0 Å². The summed E-state index contributed by atoms with van der Waals surface area (Å²) >= 11 is 0. The highest BCUT2D eigenvalue weighted by Gasteiger charge is 2.33. The fourth-order valence-corrected chi connectivity index (χ4v) is 4.27. The van der Waals surface area contributed by atoms with Crippen molar-refractivity contribution >= 4 is 5.97 Å². The van der Waals surface area contributed by atoms with E-state index in [-0.39, 0.29) is 11.8 Å². The largest absolute Gasteiger partial charge is 0.493 e. The Balaban J connectivity index is 1.39. The first kappa shape index (κ1) is 20.2. The van der Waals surface area contributed by atoms with Gasteiger partial charge in [-0.3, -0.25) is 4.79 Å². The third kappa shape index (κ3) is 3.97. The van der Waals surface area contributed by atoms with Crippen LogP contribution in [0.4, 0.5) is 0 Å². The molecule has 2 atom stereocenters. The quantitative estimate of drug-likeness (QED) is 0.574. The van der Waals surface area contributed by atoms with Crippen molar-refractivity contribution in [2.24, 2.45) is 5.92 Å². The molecule has 0 spiro atoms. The van der Waals surface area contributed by atoms with Gasteiger partial charge in [-0.15, -0.1) is 0 Å². The van der Waals surface area contributed by atoms with Crippen molar-refractivity contribution in [1.29, 1.82) is 0 Å². The molecule has 158 valence electrons. The van der Waals surface area contributed by atoms with Gasteiger partial charge in [0.15, 0.2) is 5.69 Å². The fraction of sp³-hybridized carbons (Fsp3) is 0.435. The van der Waals surface area contributed by atoms with Gasteiger partial charge in [-0.2, -0.15) is 0 Å². The van der Waals surface area contributed by atoms with Crippen molar-refractivity contribution in [3.8, 4) is 17.3 Å². The Morgan fingerprint density at radius 3 is 2.87 bits per heavy atom. The molecule has 1 aliphatic rings. The van der Waals surface area contributed by atoms with Crippen LogP contribution in [0.25, 0.3) is 11.6 Å². The van der Waals surface area contributed by atoms with Crippen molar-refractivity contribution in [2.75, 3.05) is 6.61 Å². The SMILES string of the molecule is CCC(C(=O)O)C1CCc2cc(OCCc3nc(-c4cc(C)on4)oc3C)ccc21. The van der Waals surface area contributed by atoms with Gasteiger partial charge in [-0.25, -0.2) is 4.98 Å². The van der Waals surface area contributed by atoms with Gasteiger partial charge in [0.2, 0.25) is 5.89 Å². The van der Waals surface area contributed by atoms with E-state index in [2.05, 4.69) is 10.1 Å². The van der Waals surface area contributed by atoms with E-state index in [4.69, 9.17) is 13.7 Å². The molecule has 3 aromatic rings. The summed E-state index contributed by atoms with van der Waals surface area (Å²) in [6.07, 6.45) is 3.03. The van der Waals surface area contributed by atoms with Crippen LogP contribution < -0.4 is 4.74 Å². The molecule has 2 heterocycles. The van der Waals surface area contributed by atoms with Crippen molar-refractivity contribution in [3.63, 3.8) is 0 Å². The predicted octanol–water partition coefficient (Wildman–Crippen LogP) is 4.71. The molecule has 2 unspecified atom stereocenters. The van der Waals surface area contributed by atoms with Gasteiger partial charge in [0, 0.05) is 12.5 Å². The lowest BCUT2D eigenvalue weighted by atomic mass is 9.85. The second-order valence-electron chi connectivity index (χ2n) is 7.80. The molecule has 30 heavy (non-hydrogen) atoms. The number of aliphatic carboxylic acids is 1. The minimum Gasteiger partial charge on any atom is -0.493 e. The van der Waals surface area contributed by atoms with E-state index >= 15 is 0 Å². The van der Waals surface area contributed by atoms with E-state index in [0.29, 0.717) is 36.8 Å². The molecule has 1 aliphatic carbocycles. The Bertz CT molecular complexity index is 1050. The van der Waals surface area contributed by atoms with Gasteiger partial charge in [0.1, 0.15) is 17.3 Å². The molecule has 7 heteroatoms. The van der Waals surface area contributed by atoms with Gasteiger partial charge in [0.05, 0.1) is 18.2 Å². The van der Waals surface area contributed by atoms with Crippen molar-refractivity contribution in [2.45, 2.75) is 52.4 Å². The Labute approximate surface area is 175 Å². The second-order valence-corrected chi connectivity index (χ2v) is 7.80. The number of nitrogens with zero attached hydrogens (tertiary/aromatic N) is 2. The lowest BCUT2D eigenvalue weighted by Crippen LogP contribution is -2.19. The number of aromatic nitrogens is 2. The van der Waals surface area contributed by atoms with E-state index in [9.17, 15) is 9.90 Å². The molecule has 0 fully saturated rings. The Morgan fingerprint density at radius 2 is 2.17 bits per heavy atom. The summed E-state index contributed by atoms with van der Waals surface area (Å²) in [6, 6.07) is 7.80. The summed E-state index contributed by atoms with van der Waals surface area (Å²) in [5.74, 6) is 1.75. The molecule has 2 aromatic heterocycles. The van der Waals surface area contributed by atoms with Gasteiger partial charge >= 0.3 is 5.97 Å². The number of carboxylic acid groups (broad SMARTS) is 1. The average molecular weight is 410 g/mol. The first-order valence-electron chi connectivity index (χ1n) is 10.3. The Hall–Kier alpha value is -3.09. The number of rotatable bonds is 8. The first-order valence-corrected chi connectivity index (χ1v) is 10.3. The van der Waals surface area contributed by atoms with Crippen molar-refractivity contribution < 1.29 is 23.6 Å². The van der Waals surface area contributed by atoms with E-state index < -0.39 is 5.97 Å². The number of benzene rings is 1. The minimum absolute atomic E-state index is 0.0907. The summed E-state index contributed by atoms with van der Waals surface area (Å²) in [5, 5.41) is 13.4. The summed E-state index contributed by atoms with van der Waals surface area (Å²) in [7, 11) is 0. The molecule has 1 N–H and O–H groups in total. The lowest BCUT2D eigenvalue weighted by Gasteiger charge is -2.19. The monoisotopic (exact) mass is 410 g/mol. The molecule has 0 amide bonds. The minimum atomic E-state index is -0.709. The van der Waals surface area contributed by atoms with Gasteiger partial charge in [-0.1, -0.05) is 18.1 Å². The zero-order valence-electron chi connectivity index (χ0n) is 17.5. The molecule has 4 rings (SSSR count). The maximum absolute atomic E-state index is 11.5. The highest BCUT2D eigenvalue weighted by Crippen LogP contribution is 2.41. The maximum atomic E-state index is 11.5. The molecule has 7 nitrogen and oxygen atoms in total. The van der Waals surface area contributed by atoms with E-state index in [0.717, 1.165) is 35.6 Å². The standard InChI is InChI=1S/C23H26N2O5/c1-4-17(23(26)27)19-7-5-15-12-16(6-8-18(15)19)28-10-9-20-14(3)29-22(24-20)21-11-13(2)30-25-21/h6,8,11-12,17,19H,4-5,7,9-10H2,1-3H3,(H,26,27). The number of carbonyl (C=O) groups is 1. The van der Waals surface area contributed by atoms with Crippen molar-refractivity contribution in [1.82, 2.24) is 10.1 Å². The molecule has 0 bridgehead atoms. The average Bonchev–Trinajstić information content (AvgIpc) is 3.42. The molecule has 1 aromatic carbocycles. The maximum Gasteiger partial charge on any atom is 0.307 e. The number of fused-ring (bicyclic) bond motifs is 1. The zero-order valence-corrected chi connectivity index (χ0v) is 17.5. The molecule has 0 aliphatic heterocycles. The predicted molar refractivity (Wildman–Crippen MR) is 110 cm³/mol. The van der Waals surface area contributed by atoms with Crippen LogP contribution >= 0.6 is 0 Å². The summed E-state index contributed by atoms with van der Waals surface area (Å²) in [6.45, 7) is 6.11. The van der Waals surface area contributed by atoms with Crippen LogP contribution in [0.15, 0.2) is 33.2 Å². The number of carboxylic acids is 1. The Kier molecular flexibility index (Phi) is 5.61. The second kappa shape index (κ2) is 8.34. The molecule has 0 radical (unpaired) electrons. The van der Waals surface area contributed by atoms with Crippen LogP contribution in [-0.4, -0.2) is 27.8 Å². The summed E-state index contributed by atoms with van der Waals surface area (Å²) < 4.78 is 16.7. The van der Waals surface area contributed by atoms with Crippen LogP contribution in [0, 0.1) is 19.8 Å². The highest BCUT2D eigenvalue weighted by atomic mass is 16.5. The zero-order chi connectivity index (χ0) is 21.3. The van der Waals surface area contributed by atoms with Crippen LogP contribution in [0.2, 0.25) is 0 Å².